The maximum atomic E-state index is 12.2. The molecule has 0 aliphatic heterocycles. The van der Waals surface area contributed by atoms with Crippen LogP contribution in [0.4, 0.5) is 0 Å². The van der Waals surface area contributed by atoms with Gasteiger partial charge in [-0.1, -0.05) is 61.7 Å². The molecule has 1 saturated carbocycles. The number of carboxylic acids is 1. The summed E-state index contributed by atoms with van der Waals surface area (Å²) in [7, 11) is 0. The number of aliphatic carboxylic acids is 1. The lowest BCUT2D eigenvalue weighted by atomic mass is 9.88. The zero-order valence-corrected chi connectivity index (χ0v) is 16.3. The number of ketones is 1. The number of hydrogen-bond acceptors (Lipinski definition) is 5. The van der Waals surface area contributed by atoms with Gasteiger partial charge in [-0.25, -0.2) is 0 Å². The van der Waals surface area contributed by atoms with Crippen LogP contribution in [0.1, 0.15) is 56.9 Å². The van der Waals surface area contributed by atoms with Crippen molar-refractivity contribution in [2.45, 2.75) is 70.0 Å². The van der Waals surface area contributed by atoms with Gasteiger partial charge in [-0.2, -0.15) is 0 Å². The minimum absolute atomic E-state index is 0.0767. The van der Waals surface area contributed by atoms with Crippen molar-refractivity contribution in [1.82, 2.24) is 0 Å². The molecule has 0 radical (unpaired) electrons. The van der Waals surface area contributed by atoms with Gasteiger partial charge in [0.25, 0.3) is 0 Å². The number of hydrogen-bond donors (Lipinski definition) is 2. The van der Waals surface area contributed by atoms with Gasteiger partial charge in [-0.15, -0.1) is 0 Å². The molecular formula is C23H31O5-. The number of aliphatic hydroxyl groups is 2. The number of Topliss-reactive ketones (excluding diaryl/α,β-unsaturated/α-hetero) is 1. The van der Waals surface area contributed by atoms with Crippen molar-refractivity contribution < 1.29 is 24.9 Å². The lowest BCUT2D eigenvalue weighted by Crippen LogP contribution is -2.21. The number of rotatable bonds is 12. The Hall–Kier alpha value is -1.98. The van der Waals surface area contributed by atoms with E-state index in [1.54, 1.807) is 6.08 Å². The predicted molar refractivity (Wildman–Crippen MR) is 105 cm³/mol. The number of benzene rings is 1. The van der Waals surface area contributed by atoms with Crippen molar-refractivity contribution in [1.29, 1.82) is 0 Å². The number of aryl methyl sites for hydroxylation is 1. The van der Waals surface area contributed by atoms with Crippen LogP contribution in [0.5, 0.6) is 0 Å². The van der Waals surface area contributed by atoms with Crippen molar-refractivity contribution >= 4 is 11.8 Å². The summed E-state index contributed by atoms with van der Waals surface area (Å²) in [6, 6.07) is 9.96. The van der Waals surface area contributed by atoms with Gasteiger partial charge in [-0.3, -0.25) is 4.79 Å². The predicted octanol–water partition coefficient (Wildman–Crippen LogP) is 2.19. The molecule has 2 N–H and O–H groups in total. The highest BCUT2D eigenvalue weighted by molar-refractivity contribution is 5.84. The normalized spacial score (nSPS) is 23.4. The smallest absolute Gasteiger partial charge is 0.139 e. The first kappa shape index (κ1) is 22.3. The van der Waals surface area contributed by atoms with Crippen molar-refractivity contribution in [3.8, 4) is 0 Å². The summed E-state index contributed by atoms with van der Waals surface area (Å²) in [5, 5.41) is 30.9. The Morgan fingerprint density at radius 3 is 2.61 bits per heavy atom. The fraction of sp³-hybridized carbons (Fsp3) is 0.565. The highest BCUT2D eigenvalue weighted by Crippen LogP contribution is 2.34. The van der Waals surface area contributed by atoms with Crippen LogP contribution < -0.4 is 5.11 Å². The Balaban J connectivity index is 1.77. The van der Waals surface area contributed by atoms with Crippen molar-refractivity contribution in [3.05, 3.63) is 48.0 Å². The zero-order chi connectivity index (χ0) is 20.4. The molecule has 0 spiro atoms. The van der Waals surface area contributed by atoms with Crippen LogP contribution in [0.3, 0.4) is 0 Å². The molecule has 1 aliphatic rings. The van der Waals surface area contributed by atoms with Gasteiger partial charge in [0.15, 0.2) is 0 Å². The van der Waals surface area contributed by atoms with E-state index in [1.807, 2.05) is 36.4 Å². The molecule has 1 aliphatic carbocycles. The third-order valence-electron chi connectivity index (χ3n) is 5.51. The van der Waals surface area contributed by atoms with E-state index in [0.29, 0.717) is 19.3 Å². The van der Waals surface area contributed by atoms with Crippen LogP contribution >= 0.6 is 0 Å². The van der Waals surface area contributed by atoms with Gasteiger partial charge in [0.1, 0.15) is 5.78 Å². The van der Waals surface area contributed by atoms with E-state index < -0.39 is 18.2 Å². The molecule has 0 aromatic heterocycles. The largest absolute Gasteiger partial charge is 0.550 e. The fourth-order valence-electron chi connectivity index (χ4n) is 3.89. The molecule has 2 rings (SSSR count). The van der Waals surface area contributed by atoms with Gasteiger partial charge < -0.3 is 20.1 Å². The van der Waals surface area contributed by atoms with Crippen molar-refractivity contribution in [2.24, 2.45) is 11.8 Å². The first-order valence-corrected chi connectivity index (χ1v) is 10.3. The maximum Gasteiger partial charge on any atom is 0.139 e. The average Bonchev–Trinajstić information content (AvgIpc) is 2.94. The van der Waals surface area contributed by atoms with E-state index in [9.17, 15) is 24.9 Å². The second-order valence-corrected chi connectivity index (χ2v) is 7.72. The van der Waals surface area contributed by atoms with E-state index >= 15 is 0 Å². The Morgan fingerprint density at radius 1 is 1.18 bits per heavy atom. The molecule has 0 amide bonds. The quantitative estimate of drug-likeness (QED) is 0.423. The van der Waals surface area contributed by atoms with Gasteiger partial charge in [-0.05, 0) is 37.7 Å². The summed E-state index contributed by atoms with van der Waals surface area (Å²) >= 11 is 0. The fourth-order valence-corrected chi connectivity index (χ4v) is 3.89. The average molecular weight is 387 g/mol. The molecule has 1 aromatic rings. The van der Waals surface area contributed by atoms with Gasteiger partial charge in [0, 0.05) is 24.2 Å². The molecule has 0 bridgehead atoms. The molecule has 5 heteroatoms. The molecule has 0 unspecified atom stereocenters. The molecule has 28 heavy (non-hydrogen) atoms. The van der Waals surface area contributed by atoms with Crippen LogP contribution in [0.25, 0.3) is 0 Å². The van der Waals surface area contributed by atoms with Gasteiger partial charge >= 0.3 is 0 Å². The molecule has 0 saturated heterocycles. The topological polar surface area (TPSA) is 97.7 Å². The maximum absolute atomic E-state index is 12.2. The summed E-state index contributed by atoms with van der Waals surface area (Å²) in [6.45, 7) is 0. The first-order chi connectivity index (χ1) is 13.5. The molecule has 5 nitrogen and oxygen atoms in total. The number of carboxylic acid groups (broad SMARTS) is 1. The lowest BCUT2D eigenvalue weighted by molar-refractivity contribution is -0.305. The van der Waals surface area contributed by atoms with E-state index in [-0.39, 0.29) is 30.5 Å². The second kappa shape index (κ2) is 11.8. The SMILES string of the molecule is O=C([O-])CCCCCC[C@H]1C(=O)C[C@@H](O)[C@@H]1/C=C/[C@@H](O)CCc1ccccc1. The van der Waals surface area contributed by atoms with Crippen LogP contribution in [0.2, 0.25) is 0 Å². The molecular weight excluding hydrogens is 356 g/mol. The summed E-state index contributed by atoms with van der Waals surface area (Å²) in [5.41, 5.74) is 1.17. The minimum atomic E-state index is -1.02. The standard InChI is InChI=1S/C23H32O5/c24-18(13-12-17-8-4-3-5-9-17)14-15-20-19(21(25)16-22(20)26)10-6-1-2-7-11-23(27)28/h3-5,8-9,14-15,18-20,22,24,26H,1-2,6-7,10-13,16H2,(H,27,28)/p-1/b15-14+/t18-,19+,20+,22+/m0/s1. The number of carbonyl (C=O) groups excluding carboxylic acids is 2. The summed E-state index contributed by atoms with van der Waals surface area (Å²) in [5.74, 6) is -1.41. The van der Waals surface area contributed by atoms with E-state index in [0.717, 1.165) is 25.7 Å². The third-order valence-corrected chi connectivity index (χ3v) is 5.51. The number of aliphatic hydroxyl groups excluding tert-OH is 2. The van der Waals surface area contributed by atoms with Gasteiger partial charge in [0.05, 0.1) is 12.2 Å². The second-order valence-electron chi connectivity index (χ2n) is 7.72. The number of carbonyl (C=O) groups is 2. The van der Waals surface area contributed by atoms with Crippen LogP contribution in [-0.2, 0) is 16.0 Å². The van der Waals surface area contributed by atoms with E-state index in [4.69, 9.17) is 0 Å². The van der Waals surface area contributed by atoms with Crippen molar-refractivity contribution in [3.63, 3.8) is 0 Å². The zero-order valence-electron chi connectivity index (χ0n) is 16.3. The molecule has 4 atom stereocenters. The van der Waals surface area contributed by atoms with Crippen LogP contribution in [0.15, 0.2) is 42.5 Å². The lowest BCUT2D eigenvalue weighted by Gasteiger charge is -2.18. The molecule has 154 valence electrons. The first-order valence-electron chi connectivity index (χ1n) is 10.3. The monoisotopic (exact) mass is 387 g/mol. The van der Waals surface area contributed by atoms with Crippen LogP contribution in [-0.4, -0.2) is 34.2 Å². The minimum Gasteiger partial charge on any atom is -0.550 e. The van der Waals surface area contributed by atoms with Crippen LogP contribution in [0, 0.1) is 11.8 Å². The molecule has 1 aromatic carbocycles. The van der Waals surface area contributed by atoms with Gasteiger partial charge in [0.2, 0.25) is 0 Å². The number of unbranched alkanes of at least 4 members (excludes halogenated alkanes) is 3. The highest BCUT2D eigenvalue weighted by Gasteiger charge is 2.39. The third kappa shape index (κ3) is 7.56. The highest BCUT2D eigenvalue weighted by atomic mass is 16.4. The van der Waals surface area contributed by atoms with E-state index in [2.05, 4.69) is 0 Å². The molecule has 1 fully saturated rings. The Morgan fingerprint density at radius 2 is 1.89 bits per heavy atom. The summed E-state index contributed by atoms with van der Waals surface area (Å²) < 4.78 is 0. The summed E-state index contributed by atoms with van der Waals surface area (Å²) in [6.07, 6.45) is 7.63. The Kier molecular flexibility index (Phi) is 9.38. The van der Waals surface area contributed by atoms with E-state index in [1.165, 1.54) is 5.56 Å². The Labute approximate surface area is 167 Å². The molecule has 0 heterocycles. The Bertz CT molecular complexity index is 640. The summed E-state index contributed by atoms with van der Waals surface area (Å²) in [4.78, 5) is 22.6. The van der Waals surface area contributed by atoms with Crippen molar-refractivity contribution in [2.75, 3.05) is 0 Å².